The summed E-state index contributed by atoms with van der Waals surface area (Å²) in [4.78, 5) is 0. The number of hydrogen-bond acceptors (Lipinski definition) is 1. The van der Waals surface area contributed by atoms with Crippen LogP contribution in [0, 0.1) is 0 Å². The maximum absolute atomic E-state index is 6.39. The Morgan fingerprint density at radius 1 is 0.265 bits per heavy atom. The van der Waals surface area contributed by atoms with Gasteiger partial charge in [-0.25, -0.2) is 0 Å². The van der Waals surface area contributed by atoms with E-state index in [1.54, 1.807) is 0 Å². The molecule has 0 atom stereocenters. The first-order valence-corrected chi connectivity index (χ1v) is 16.9. The zero-order valence-corrected chi connectivity index (χ0v) is 26.6. The molecule has 0 saturated heterocycles. The fraction of sp³-hybridized carbons (Fsp3) is 0. The van der Waals surface area contributed by atoms with Gasteiger partial charge in [-0.05, 0) is 100 Å². The summed E-state index contributed by atoms with van der Waals surface area (Å²) in [6.45, 7) is 0. The molecule has 0 radical (unpaired) electrons. The molecule has 226 valence electrons. The van der Waals surface area contributed by atoms with E-state index in [9.17, 15) is 0 Å². The molecule has 0 amide bonds. The smallest absolute Gasteiger partial charge is 0.135 e. The van der Waals surface area contributed by atoms with Gasteiger partial charge in [0, 0.05) is 10.9 Å². The fourth-order valence-corrected chi connectivity index (χ4v) is 8.59. The van der Waals surface area contributed by atoms with Gasteiger partial charge in [0.2, 0.25) is 0 Å². The molecule has 1 heteroatoms. The molecule has 1 aliphatic carbocycles. The van der Waals surface area contributed by atoms with Crippen LogP contribution in [0.4, 0.5) is 0 Å². The third kappa shape index (κ3) is 3.70. The highest BCUT2D eigenvalue weighted by molar-refractivity contribution is 6.27. The highest BCUT2D eigenvalue weighted by Gasteiger charge is 2.30. The van der Waals surface area contributed by atoms with Crippen molar-refractivity contribution in [1.29, 1.82) is 0 Å². The van der Waals surface area contributed by atoms with Gasteiger partial charge in [-0.1, -0.05) is 158 Å². The normalized spacial score (nSPS) is 12.2. The molecule has 0 bridgehead atoms. The Morgan fingerprint density at radius 3 is 1.55 bits per heavy atom. The van der Waals surface area contributed by atoms with Crippen molar-refractivity contribution in [3.8, 4) is 78.3 Å². The van der Waals surface area contributed by atoms with Gasteiger partial charge in [-0.15, -0.1) is 0 Å². The first-order chi connectivity index (χ1) is 24.3. The Bertz CT molecular complexity index is 2820. The Morgan fingerprint density at radius 2 is 0.816 bits per heavy atom. The minimum Gasteiger partial charge on any atom is -0.456 e. The van der Waals surface area contributed by atoms with Gasteiger partial charge < -0.3 is 4.74 Å². The van der Waals surface area contributed by atoms with Gasteiger partial charge in [0.15, 0.2) is 0 Å². The summed E-state index contributed by atoms with van der Waals surface area (Å²) in [5.41, 5.74) is 15.1. The third-order valence-corrected chi connectivity index (χ3v) is 10.6. The van der Waals surface area contributed by atoms with Gasteiger partial charge in [-0.2, -0.15) is 0 Å². The molecule has 0 N–H and O–H groups in total. The van der Waals surface area contributed by atoms with Crippen molar-refractivity contribution in [2.24, 2.45) is 0 Å². The topological polar surface area (TPSA) is 9.23 Å². The van der Waals surface area contributed by atoms with Crippen molar-refractivity contribution in [3.63, 3.8) is 0 Å². The van der Waals surface area contributed by atoms with Crippen LogP contribution in [0.1, 0.15) is 0 Å². The summed E-state index contributed by atoms with van der Waals surface area (Å²) in [5.74, 6) is 1.83. The van der Waals surface area contributed by atoms with Crippen LogP contribution >= 0.6 is 0 Å². The van der Waals surface area contributed by atoms with Crippen LogP contribution < -0.4 is 4.74 Å². The van der Waals surface area contributed by atoms with Crippen molar-refractivity contribution in [1.82, 2.24) is 0 Å². The van der Waals surface area contributed by atoms with Crippen LogP contribution in [0.15, 0.2) is 170 Å². The molecule has 9 aromatic rings. The molecule has 1 aliphatic heterocycles. The van der Waals surface area contributed by atoms with Crippen LogP contribution in [0.3, 0.4) is 0 Å². The highest BCUT2D eigenvalue weighted by atomic mass is 16.5. The van der Waals surface area contributed by atoms with E-state index in [-0.39, 0.29) is 0 Å². The maximum Gasteiger partial charge on any atom is 0.135 e. The second-order valence-electron chi connectivity index (χ2n) is 13.1. The predicted molar refractivity (Wildman–Crippen MR) is 205 cm³/mol. The van der Waals surface area contributed by atoms with Crippen LogP contribution in [0.5, 0.6) is 11.5 Å². The molecule has 1 heterocycles. The molecule has 49 heavy (non-hydrogen) atoms. The van der Waals surface area contributed by atoms with Crippen LogP contribution in [0.25, 0.3) is 99.1 Å². The van der Waals surface area contributed by atoms with Gasteiger partial charge in [0.25, 0.3) is 0 Å². The number of fused-ring (bicyclic) bond motifs is 6. The number of rotatable bonds is 3. The largest absolute Gasteiger partial charge is 0.456 e. The molecule has 9 aromatic carbocycles. The summed E-state index contributed by atoms with van der Waals surface area (Å²) in [6.07, 6.45) is 0. The predicted octanol–water partition coefficient (Wildman–Crippen LogP) is 13.6. The van der Waals surface area contributed by atoms with Gasteiger partial charge in [0.1, 0.15) is 11.5 Å². The van der Waals surface area contributed by atoms with Crippen molar-refractivity contribution < 1.29 is 4.74 Å². The molecule has 0 spiro atoms. The Labute approximate surface area is 284 Å². The molecule has 0 unspecified atom stereocenters. The van der Waals surface area contributed by atoms with Crippen molar-refractivity contribution in [2.45, 2.75) is 0 Å². The first-order valence-electron chi connectivity index (χ1n) is 16.9. The molecular formula is C48H28O. The van der Waals surface area contributed by atoms with Crippen LogP contribution in [0.2, 0.25) is 0 Å². The quantitative estimate of drug-likeness (QED) is 0.191. The van der Waals surface area contributed by atoms with E-state index in [2.05, 4.69) is 164 Å². The lowest BCUT2D eigenvalue weighted by atomic mass is 9.82. The SMILES string of the molecule is c1ccc(-c2c3c(c(-c4ccc(-c5ccc6c7c(cccc57)-c5ccccc5O6)cc4)c4ccccc24)-c2cccc4cccc-3c24)cc1. The maximum atomic E-state index is 6.39. The molecule has 0 aromatic heterocycles. The molecular weight excluding hydrogens is 593 g/mol. The van der Waals surface area contributed by atoms with Crippen LogP contribution in [-0.2, 0) is 0 Å². The summed E-state index contributed by atoms with van der Waals surface area (Å²) in [5, 5.41) is 7.56. The number of hydrogen-bond donors (Lipinski definition) is 0. The molecule has 0 fully saturated rings. The monoisotopic (exact) mass is 620 g/mol. The van der Waals surface area contributed by atoms with E-state index in [0.717, 1.165) is 17.1 Å². The number of para-hydroxylation sites is 1. The van der Waals surface area contributed by atoms with Gasteiger partial charge in [0.05, 0.1) is 0 Å². The summed E-state index contributed by atoms with van der Waals surface area (Å²) in [6, 6.07) is 61.9. The lowest BCUT2D eigenvalue weighted by Gasteiger charge is -2.22. The standard InChI is InChI=1S/C48H28O/c1-2-11-31(12-3-1)44-37-16-4-5-17-38(37)45(48-40-21-9-14-30-13-8-20-39(43(30)40)47(44)48)32-25-23-29(24-26-32)33-27-28-42-46-35(33)18-10-19-36(46)34-15-6-7-22-41(34)49-42/h1-28H. The minimum absolute atomic E-state index is 0.912. The second-order valence-corrected chi connectivity index (χ2v) is 13.1. The number of ether oxygens (including phenoxy) is 1. The second kappa shape index (κ2) is 10.0. The summed E-state index contributed by atoms with van der Waals surface area (Å²) in [7, 11) is 0. The van der Waals surface area contributed by atoms with Gasteiger partial charge in [-0.3, -0.25) is 0 Å². The van der Waals surface area contributed by atoms with Crippen molar-refractivity contribution in [2.75, 3.05) is 0 Å². The average Bonchev–Trinajstić information content (AvgIpc) is 3.50. The first kappa shape index (κ1) is 26.6. The lowest BCUT2D eigenvalue weighted by molar-refractivity contribution is 0.487. The third-order valence-electron chi connectivity index (χ3n) is 10.6. The minimum atomic E-state index is 0.912. The van der Waals surface area contributed by atoms with E-state index in [1.165, 1.54) is 93.5 Å². The van der Waals surface area contributed by atoms with Crippen molar-refractivity contribution in [3.05, 3.63) is 170 Å². The Hall–Kier alpha value is -6.44. The van der Waals surface area contributed by atoms with E-state index in [4.69, 9.17) is 4.74 Å². The van der Waals surface area contributed by atoms with Gasteiger partial charge >= 0.3 is 0 Å². The van der Waals surface area contributed by atoms with E-state index in [0.29, 0.717) is 0 Å². The van der Waals surface area contributed by atoms with E-state index < -0.39 is 0 Å². The molecule has 11 rings (SSSR count). The Kier molecular flexibility index (Phi) is 5.45. The molecule has 1 nitrogen and oxygen atoms in total. The van der Waals surface area contributed by atoms with E-state index >= 15 is 0 Å². The Balaban J connectivity index is 1.15. The van der Waals surface area contributed by atoms with E-state index in [1.807, 2.05) is 6.07 Å². The van der Waals surface area contributed by atoms with Crippen LogP contribution in [-0.4, -0.2) is 0 Å². The molecule has 2 aliphatic rings. The van der Waals surface area contributed by atoms with Crippen molar-refractivity contribution >= 4 is 32.3 Å². The highest BCUT2D eigenvalue weighted by Crippen LogP contribution is 2.57. The lowest BCUT2D eigenvalue weighted by Crippen LogP contribution is -1.97. The zero-order chi connectivity index (χ0) is 32.1. The fourth-order valence-electron chi connectivity index (χ4n) is 8.59. The zero-order valence-electron chi connectivity index (χ0n) is 26.6. The molecule has 0 saturated carbocycles. The average molecular weight is 621 g/mol. The summed E-state index contributed by atoms with van der Waals surface area (Å²) >= 11 is 0. The summed E-state index contributed by atoms with van der Waals surface area (Å²) < 4.78 is 6.39. The number of benzene rings is 9.